The highest BCUT2D eigenvalue weighted by molar-refractivity contribution is 5.99. The van der Waals surface area contributed by atoms with Gasteiger partial charge in [-0.25, -0.2) is 4.79 Å². The molecule has 1 aromatic carbocycles. The van der Waals surface area contributed by atoms with Crippen LogP contribution in [-0.2, 0) is 9.53 Å². The molecule has 0 amide bonds. The van der Waals surface area contributed by atoms with Crippen molar-refractivity contribution in [3.63, 3.8) is 0 Å². The smallest absolute Gasteiger partial charge is 0.336 e. The van der Waals surface area contributed by atoms with Crippen molar-refractivity contribution in [2.24, 2.45) is 0 Å². The summed E-state index contributed by atoms with van der Waals surface area (Å²) in [7, 11) is 0. The molecule has 1 aliphatic heterocycles. The molecule has 0 saturated heterocycles. The molecule has 1 saturated carbocycles. The largest absolute Gasteiger partial charge is 0.463 e. The van der Waals surface area contributed by atoms with Crippen molar-refractivity contribution >= 4 is 11.7 Å². The fraction of sp³-hybridized carbons (Fsp3) is 0.389. The summed E-state index contributed by atoms with van der Waals surface area (Å²) >= 11 is 0. The van der Waals surface area contributed by atoms with Gasteiger partial charge in [0, 0.05) is 12.5 Å². The van der Waals surface area contributed by atoms with E-state index in [-0.39, 0.29) is 12.0 Å². The Hall–Kier alpha value is -2.03. The lowest BCUT2D eigenvalue weighted by Crippen LogP contribution is -2.29. The maximum absolute atomic E-state index is 12.3. The highest BCUT2D eigenvalue weighted by Crippen LogP contribution is 2.44. The van der Waals surface area contributed by atoms with E-state index in [9.17, 15) is 4.79 Å². The van der Waals surface area contributed by atoms with Crippen molar-refractivity contribution in [2.75, 3.05) is 6.61 Å². The fourth-order valence-corrected chi connectivity index (χ4v) is 3.05. The van der Waals surface area contributed by atoms with Gasteiger partial charge in [-0.15, -0.1) is 6.58 Å². The monoisotopic (exact) mass is 283 g/mol. The topological polar surface area (TPSA) is 29.5 Å². The molecular formula is C18H21NO2. The minimum Gasteiger partial charge on any atom is -0.463 e. The van der Waals surface area contributed by atoms with Crippen LogP contribution < -0.4 is 0 Å². The molecule has 1 aromatic rings. The Morgan fingerprint density at radius 1 is 1.38 bits per heavy atom. The van der Waals surface area contributed by atoms with Crippen molar-refractivity contribution in [3.05, 3.63) is 54.1 Å². The minimum absolute atomic E-state index is 0.189. The number of ether oxygens (including phenoxy) is 1. The average molecular weight is 283 g/mol. The lowest BCUT2D eigenvalue weighted by Gasteiger charge is -2.28. The molecular weight excluding hydrogens is 262 g/mol. The van der Waals surface area contributed by atoms with Gasteiger partial charge in [0.15, 0.2) is 0 Å². The predicted molar refractivity (Wildman–Crippen MR) is 83.5 cm³/mol. The van der Waals surface area contributed by atoms with Crippen LogP contribution in [0.5, 0.6) is 0 Å². The van der Waals surface area contributed by atoms with Crippen LogP contribution in [0.2, 0.25) is 0 Å². The SMILES string of the molecule is C=CC1CC(C(=O)OCC)=C(c2ccccc2)N1C1CC1. The van der Waals surface area contributed by atoms with Gasteiger partial charge in [-0.2, -0.15) is 0 Å². The van der Waals surface area contributed by atoms with Crippen LogP contribution in [0.15, 0.2) is 48.6 Å². The molecule has 0 radical (unpaired) electrons. The second-order valence-corrected chi connectivity index (χ2v) is 5.56. The number of carbonyl (C=O) groups is 1. The quantitative estimate of drug-likeness (QED) is 0.613. The lowest BCUT2D eigenvalue weighted by molar-refractivity contribution is -0.138. The zero-order valence-corrected chi connectivity index (χ0v) is 12.4. The number of rotatable bonds is 5. The molecule has 1 aliphatic carbocycles. The molecule has 3 nitrogen and oxygen atoms in total. The van der Waals surface area contributed by atoms with Crippen LogP contribution in [0, 0.1) is 0 Å². The molecule has 110 valence electrons. The zero-order valence-electron chi connectivity index (χ0n) is 12.4. The van der Waals surface area contributed by atoms with E-state index in [0.717, 1.165) is 16.8 Å². The first-order valence-electron chi connectivity index (χ1n) is 7.62. The number of nitrogens with zero attached hydrogens (tertiary/aromatic N) is 1. The molecule has 3 rings (SSSR count). The third kappa shape index (κ3) is 2.60. The third-order valence-corrected chi connectivity index (χ3v) is 4.10. The van der Waals surface area contributed by atoms with E-state index in [2.05, 4.69) is 23.6 Å². The van der Waals surface area contributed by atoms with Crippen LogP contribution >= 0.6 is 0 Å². The average Bonchev–Trinajstić information content (AvgIpc) is 3.27. The number of hydrogen-bond donors (Lipinski definition) is 0. The van der Waals surface area contributed by atoms with Crippen LogP contribution in [0.25, 0.3) is 5.70 Å². The highest BCUT2D eigenvalue weighted by atomic mass is 16.5. The van der Waals surface area contributed by atoms with E-state index >= 15 is 0 Å². The van der Waals surface area contributed by atoms with Gasteiger partial charge >= 0.3 is 5.97 Å². The molecule has 1 unspecified atom stereocenters. The van der Waals surface area contributed by atoms with Gasteiger partial charge in [0.2, 0.25) is 0 Å². The van der Waals surface area contributed by atoms with E-state index in [1.807, 2.05) is 31.2 Å². The van der Waals surface area contributed by atoms with Crippen LogP contribution in [0.1, 0.15) is 31.7 Å². The van der Waals surface area contributed by atoms with E-state index in [4.69, 9.17) is 4.74 Å². The zero-order chi connectivity index (χ0) is 14.8. The summed E-state index contributed by atoms with van der Waals surface area (Å²) in [6, 6.07) is 10.9. The number of benzene rings is 1. The summed E-state index contributed by atoms with van der Waals surface area (Å²) in [6.07, 6.45) is 5.03. The molecule has 0 bridgehead atoms. The molecule has 0 aromatic heterocycles. The standard InChI is InChI=1S/C18H21NO2/c1-3-14-12-16(18(20)21-4-2)17(19(14)15-10-11-15)13-8-6-5-7-9-13/h3,5-9,14-15H,1,4,10-12H2,2H3. The fourth-order valence-electron chi connectivity index (χ4n) is 3.05. The molecule has 3 heteroatoms. The molecule has 21 heavy (non-hydrogen) atoms. The van der Waals surface area contributed by atoms with E-state index < -0.39 is 0 Å². The van der Waals surface area contributed by atoms with Crippen LogP contribution in [-0.4, -0.2) is 29.6 Å². The lowest BCUT2D eigenvalue weighted by atomic mass is 10.1. The van der Waals surface area contributed by atoms with Gasteiger partial charge in [-0.3, -0.25) is 0 Å². The molecule has 1 heterocycles. The molecule has 1 fully saturated rings. The predicted octanol–water partition coefficient (Wildman–Crippen LogP) is 3.38. The van der Waals surface area contributed by atoms with E-state index in [1.54, 1.807) is 0 Å². The Bertz CT molecular complexity index is 572. The van der Waals surface area contributed by atoms with Crippen LogP contribution in [0.4, 0.5) is 0 Å². The Labute approximate surface area is 125 Å². The van der Waals surface area contributed by atoms with Gasteiger partial charge < -0.3 is 9.64 Å². The van der Waals surface area contributed by atoms with Crippen molar-refractivity contribution in [1.82, 2.24) is 4.90 Å². The summed E-state index contributed by atoms with van der Waals surface area (Å²) in [5.41, 5.74) is 2.93. The summed E-state index contributed by atoms with van der Waals surface area (Å²) in [4.78, 5) is 14.7. The second kappa shape index (κ2) is 5.76. The summed E-state index contributed by atoms with van der Waals surface area (Å²) < 4.78 is 5.26. The second-order valence-electron chi connectivity index (χ2n) is 5.56. The molecule has 2 aliphatic rings. The number of carbonyl (C=O) groups excluding carboxylic acids is 1. The number of esters is 1. The van der Waals surface area contributed by atoms with Crippen LogP contribution in [0.3, 0.4) is 0 Å². The van der Waals surface area contributed by atoms with Gasteiger partial charge in [-0.1, -0.05) is 36.4 Å². The maximum atomic E-state index is 12.3. The van der Waals surface area contributed by atoms with E-state index in [0.29, 0.717) is 19.1 Å². The van der Waals surface area contributed by atoms with Gasteiger partial charge in [0.05, 0.1) is 23.9 Å². The van der Waals surface area contributed by atoms with Gasteiger partial charge in [0.1, 0.15) is 0 Å². The minimum atomic E-state index is -0.189. The first-order valence-corrected chi connectivity index (χ1v) is 7.62. The van der Waals surface area contributed by atoms with Crippen molar-refractivity contribution in [3.8, 4) is 0 Å². The summed E-state index contributed by atoms with van der Waals surface area (Å²) in [5.74, 6) is -0.189. The highest BCUT2D eigenvalue weighted by Gasteiger charge is 2.42. The van der Waals surface area contributed by atoms with Crippen molar-refractivity contribution in [1.29, 1.82) is 0 Å². The molecule has 0 N–H and O–H groups in total. The normalized spacial score (nSPS) is 21.6. The first kappa shape index (κ1) is 13.9. The summed E-state index contributed by atoms with van der Waals surface area (Å²) in [6.45, 7) is 6.21. The van der Waals surface area contributed by atoms with E-state index in [1.165, 1.54) is 12.8 Å². The number of hydrogen-bond acceptors (Lipinski definition) is 3. The Morgan fingerprint density at radius 3 is 2.67 bits per heavy atom. The third-order valence-electron chi connectivity index (χ3n) is 4.10. The molecule has 0 spiro atoms. The Balaban J connectivity index is 2.05. The van der Waals surface area contributed by atoms with Crippen molar-refractivity contribution < 1.29 is 9.53 Å². The van der Waals surface area contributed by atoms with Crippen molar-refractivity contribution in [2.45, 2.75) is 38.3 Å². The van der Waals surface area contributed by atoms with Gasteiger partial charge in [0.25, 0.3) is 0 Å². The maximum Gasteiger partial charge on any atom is 0.336 e. The molecule has 1 atom stereocenters. The Morgan fingerprint density at radius 2 is 2.10 bits per heavy atom. The Kier molecular flexibility index (Phi) is 3.82. The van der Waals surface area contributed by atoms with Gasteiger partial charge in [-0.05, 0) is 25.3 Å². The first-order chi connectivity index (χ1) is 10.3. The summed E-state index contributed by atoms with van der Waals surface area (Å²) in [5, 5.41) is 0.